The van der Waals surface area contributed by atoms with Crippen LogP contribution >= 0.6 is 12.4 Å². The van der Waals surface area contributed by atoms with Crippen LogP contribution in [0.5, 0.6) is 0 Å². The molecule has 200 valence electrons. The Bertz CT molecular complexity index is 604. The molecular formula is C23H46ClN5O5. The molecule has 11 heteroatoms. The Labute approximate surface area is 210 Å². The molecule has 1 aliphatic rings. The van der Waals surface area contributed by atoms with Gasteiger partial charge in [-0.1, -0.05) is 46.0 Å². The summed E-state index contributed by atoms with van der Waals surface area (Å²) in [6, 6.07) is -2.96. The van der Waals surface area contributed by atoms with Crippen LogP contribution < -0.4 is 27.0 Å². The topological polar surface area (TPSA) is 166 Å². The van der Waals surface area contributed by atoms with Gasteiger partial charge in [-0.2, -0.15) is 0 Å². The van der Waals surface area contributed by atoms with Gasteiger partial charge in [0.05, 0.1) is 12.1 Å². The summed E-state index contributed by atoms with van der Waals surface area (Å²) in [5.74, 6) is -1.05. The Hall–Kier alpha value is -1.62. The summed E-state index contributed by atoms with van der Waals surface area (Å²) in [6.07, 6.45) is 6.39. The minimum atomic E-state index is -1.16. The number of hydrogen-bond acceptors (Lipinski definition) is 6. The summed E-state index contributed by atoms with van der Waals surface area (Å²) in [5, 5.41) is 31.5. The molecule has 0 heterocycles. The van der Waals surface area contributed by atoms with Gasteiger partial charge in [-0.25, -0.2) is 9.59 Å². The normalized spacial score (nSPS) is 17.7. The fourth-order valence-electron chi connectivity index (χ4n) is 4.32. The van der Waals surface area contributed by atoms with E-state index in [9.17, 15) is 24.6 Å². The summed E-state index contributed by atoms with van der Waals surface area (Å²) in [5.41, 5.74) is 5.47. The number of nitrogens with two attached hydrogens (primary N) is 1. The van der Waals surface area contributed by atoms with Crippen LogP contribution in [0, 0.1) is 11.8 Å². The third kappa shape index (κ3) is 12.2. The number of urea groups is 1. The molecule has 0 aromatic rings. The van der Waals surface area contributed by atoms with Crippen molar-refractivity contribution >= 4 is 30.3 Å². The first kappa shape index (κ1) is 32.4. The Morgan fingerprint density at radius 3 is 2.24 bits per heavy atom. The van der Waals surface area contributed by atoms with E-state index >= 15 is 0 Å². The number of carboxylic acid groups (broad SMARTS) is 1. The molecule has 1 rings (SSSR count). The van der Waals surface area contributed by atoms with Gasteiger partial charge in [0.25, 0.3) is 0 Å². The van der Waals surface area contributed by atoms with Gasteiger partial charge in [-0.15, -0.1) is 12.4 Å². The third-order valence-electron chi connectivity index (χ3n) is 6.21. The average Bonchev–Trinajstić information content (AvgIpc) is 2.76. The number of aliphatic hydroxyl groups excluding tert-OH is 1. The fraction of sp³-hybridized carbons (Fsp3) is 0.870. The monoisotopic (exact) mass is 507 g/mol. The first-order valence-corrected chi connectivity index (χ1v) is 12.4. The number of carboxylic acids is 1. The Balaban J connectivity index is 0.0000109. The van der Waals surface area contributed by atoms with E-state index in [1.54, 1.807) is 0 Å². The third-order valence-corrected chi connectivity index (χ3v) is 6.21. The number of carbonyl (C=O) groups is 3. The molecule has 0 radical (unpaired) electrons. The van der Waals surface area contributed by atoms with Crippen molar-refractivity contribution in [3.63, 3.8) is 0 Å². The number of likely N-dealkylation sites (N-methyl/N-ethyl adjacent to an activating group) is 1. The van der Waals surface area contributed by atoms with Gasteiger partial charge in [0.15, 0.2) is 0 Å². The molecule has 0 aromatic heterocycles. The maximum atomic E-state index is 12.7. The van der Waals surface area contributed by atoms with E-state index in [2.05, 4.69) is 21.3 Å². The highest BCUT2D eigenvalue weighted by Gasteiger charge is 2.31. The van der Waals surface area contributed by atoms with Crippen LogP contribution in [-0.2, 0) is 9.59 Å². The van der Waals surface area contributed by atoms with Crippen LogP contribution in [0.2, 0.25) is 0 Å². The van der Waals surface area contributed by atoms with Crippen molar-refractivity contribution in [2.24, 2.45) is 17.6 Å². The lowest BCUT2D eigenvalue weighted by Gasteiger charge is -2.33. The number of nitrogens with one attached hydrogen (secondary N) is 4. The second-order valence-corrected chi connectivity index (χ2v) is 9.37. The zero-order valence-electron chi connectivity index (χ0n) is 20.8. The van der Waals surface area contributed by atoms with Crippen molar-refractivity contribution in [1.82, 2.24) is 21.3 Å². The number of amides is 3. The molecule has 1 saturated carbocycles. The molecule has 34 heavy (non-hydrogen) atoms. The summed E-state index contributed by atoms with van der Waals surface area (Å²) in [7, 11) is 0. The number of rotatable bonds is 15. The maximum absolute atomic E-state index is 12.7. The van der Waals surface area contributed by atoms with Crippen molar-refractivity contribution in [2.75, 3.05) is 13.1 Å². The molecule has 1 unspecified atom stereocenters. The van der Waals surface area contributed by atoms with Crippen LogP contribution in [0.15, 0.2) is 0 Å². The summed E-state index contributed by atoms with van der Waals surface area (Å²) < 4.78 is 0. The van der Waals surface area contributed by atoms with E-state index in [0.29, 0.717) is 38.3 Å². The molecular weight excluding hydrogens is 462 g/mol. The fourth-order valence-corrected chi connectivity index (χ4v) is 4.32. The smallest absolute Gasteiger partial charge is 0.326 e. The molecule has 1 fully saturated rings. The largest absolute Gasteiger partial charge is 0.480 e. The molecule has 4 atom stereocenters. The molecule has 8 N–H and O–H groups in total. The average molecular weight is 508 g/mol. The number of aliphatic carboxylic acids is 1. The first-order valence-electron chi connectivity index (χ1n) is 12.4. The molecule has 0 spiro atoms. The second-order valence-electron chi connectivity index (χ2n) is 9.37. The zero-order chi connectivity index (χ0) is 24.8. The van der Waals surface area contributed by atoms with Crippen molar-refractivity contribution < 1.29 is 24.6 Å². The summed E-state index contributed by atoms with van der Waals surface area (Å²) in [4.78, 5) is 36.7. The lowest BCUT2D eigenvalue weighted by atomic mass is 9.84. The Kier molecular flexibility index (Phi) is 16.9. The van der Waals surface area contributed by atoms with Gasteiger partial charge in [0.2, 0.25) is 5.91 Å². The minimum absolute atomic E-state index is 0. The standard InChI is InChI=1S/C23H45N5O5.ClH/c1-4-25-21(30)19(15(2)3)28-20(29)18(14-16-10-6-5-7-11-16)27-23(33)26-17(22(31)32)12-8-9-13-24;/h15-20,28-29H,4-14,24H2,1-3H3,(H,25,30)(H,31,32)(H2,26,27,33);1H/t17-,18+,19-,20?;/m0./s1. The lowest BCUT2D eigenvalue weighted by Crippen LogP contribution is -2.60. The van der Waals surface area contributed by atoms with E-state index in [1.807, 2.05) is 20.8 Å². The predicted octanol–water partition coefficient (Wildman–Crippen LogP) is 1.70. The Morgan fingerprint density at radius 2 is 1.71 bits per heavy atom. The van der Waals surface area contributed by atoms with E-state index in [1.165, 1.54) is 6.42 Å². The van der Waals surface area contributed by atoms with Crippen LogP contribution in [0.4, 0.5) is 4.79 Å². The molecule has 10 nitrogen and oxygen atoms in total. The van der Waals surface area contributed by atoms with E-state index in [0.717, 1.165) is 25.7 Å². The molecule has 0 bridgehead atoms. The quantitative estimate of drug-likeness (QED) is 0.131. The van der Waals surface area contributed by atoms with Crippen molar-refractivity contribution in [3.05, 3.63) is 0 Å². The van der Waals surface area contributed by atoms with Gasteiger partial charge in [0, 0.05) is 6.54 Å². The van der Waals surface area contributed by atoms with Gasteiger partial charge in [-0.3, -0.25) is 10.1 Å². The second kappa shape index (κ2) is 17.8. The van der Waals surface area contributed by atoms with Gasteiger partial charge >= 0.3 is 12.0 Å². The van der Waals surface area contributed by atoms with Crippen LogP contribution in [0.25, 0.3) is 0 Å². The number of halogens is 1. The summed E-state index contributed by atoms with van der Waals surface area (Å²) in [6.45, 7) is 6.54. The van der Waals surface area contributed by atoms with Crippen molar-refractivity contribution in [2.45, 2.75) is 103 Å². The highest BCUT2D eigenvalue weighted by Crippen LogP contribution is 2.28. The summed E-state index contributed by atoms with van der Waals surface area (Å²) >= 11 is 0. The highest BCUT2D eigenvalue weighted by molar-refractivity contribution is 5.85. The molecule has 0 saturated heterocycles. The Morgan fingerprint density at radius 1 is 1.06 bits per heavy atom. The molecule has 0 aromatic carbocycles. The number of unbranched alkanes of at least 4 members (excludes halogenated alkanes) is 1. The van der Waals surface area contributed by atoms with Crippen molar-refractivity contribution in [3.8, 4) is 0 Å². The van der Waals surface area contributed by atoms with E-state index in [-0.39, 0.29) is 30.7 Å². The number of carbonyl (C=O) groups excluding carboxylic acids is 2. The van der Waals surface area contributed by atoms with Crippen LogP contribution in [-0.4, -0.2) is 65.6 Å². The molecule has 3 amide bonds. The number of aliphatic hydroxyl groups is 1. The van der Waals surface area contributed by atoms with Crippen molar-refractivity contribution in [1.29, 1.82) is 0 Å². The molecule has 0 aliphatic heterocycles. The van der Waals surface area contributed by atoms with Crippen LogP contribution in [0.3, 0.4) is 0 Å². The van der Waals surface area contributed by atoms with Crippen LogP contribution in [0.1, 0.15) is 78.6 Å². The van der Waals surface area contributed by atoms with Gasteiger partial charge in [-0.05, 0) is 51.0 Å². The lowest BCUT2D eigenvalue weighted by molar-refractivity contribution is -0.139. The number of hydrogen-bond donors (Lipinski definition) is 7. The zero-order valence-corrected chi connectivity index (χ0v) is 21.7. The van der Waals surface area contributed by atoms with Gasteiger partial charge in [0.1, 0.15) is 12.3 Å². The maximum Gasteiger partial charge on any atom is 0.326 e. The van der Waals surface area contributed by atoms with E-state index < -0.39 is 36.4 Å². The van der Waals surface area contributed by atoms with Gasteiger partial charge < -0.3 is 31.9 Å². The van der Waals surface area contributed by atoms with E-state index in [4.69, 9.17) is 5.73 Å². The SMILES string of the molecule is CCNC(=O)[C@@H](NC(O)[C@@H](CC1CCCCC1)NC(=O)N[C@@H](CCCCN)C(=O)O)C(C)C.Cl. The predicted molar refractivity (Wildman–Crippen MR) is 135 cm³/mol. The molecule has 1 aliphatic carbocycles. The first-order chi connectivity index (χ1) is 15.7. The minimum Gasteiger partial charge on any atom is -0.480 e. The highest BCUT2D eigenvalue weighted by atomic mass is 35.5.